The van der Waals surface area contributed by atoms with Gasteiger partial charge in [-0.05, 0) is 18.3 Å². The molecule has 2 heterocycles. The number of hydrogen-bond donors (Lipinski definition) is 2. The van der Waals surface area contributed by atoms with Crippen molar-refractivity contribution >= 4 is 5.82 Å². The van der Waals surface area contributed by atoms with Crippen LogP contribution in [0.3, 0.4) is 0 Å². The molecule has 1 aromatic heterocycles. The molecule has 2 N–H and O–H groups in total. The Hall–Kier alpha value is -1.36. The molecule has 0 atom stereocenters. The van der Waals surface area contributed by atoms with E-state index in [1.165, 1.54) is 6.20 Å². The zero-order valence-electron chi connectivity index (χ0n) is 9.45. The van der Waals surface area contributed by atoms with Crippen molar-refractivity contribution in [2.45, 2.75) is 19.8 Å². The van der Waals surface area contributed by atoms with Crippen LogP contribution >= 0.6 is 0 Å². The summed E-state index contributed by atoms with van der Waals surface area (Å²) in [5.41, 5.74) is 0.0283. The molecule has 0 unspecified atom stereocenters. The molecule has 16 heavy (non-hydrogen) atoms. The lowest BCUT2D eigenvalue weighted by Crippen LogP contribution is -2.34. The van der Waals surface area contributed by atoms with Gasteiger partial charge in [-0.15, -0.1) is 0 Å². The van der Waals surface area contributed by atoms with E-state index in [9.17, 15) is 4.79 Å². The van der Waals surface area contributed by atoms with E-state index in [-0.39, 0.29) is 11.0 Å². The maximum Gasteiger partial charge on any atom is 0.290 e. The van der Waals surface area contributed by atoms with Crippen molar-refractivity contribution in [2.75, 3.05) is 25.1 Å². The molecule has 1 aliphatic rings. The molecule has 5 nitrogen and oxygen atoms in total. The summed E-state index contributed by atoms with van der Waals surface area (Å²) in [4.78, 5) is 18.0. The van der Waals surface area contributed by atoms with Gasteiger partial charge in [-0.3, -0.25) is 4.79 Å². The van der Waals surface area contributed by atoms with Crippen LogP contribution in [0.5, 0.6) is 0 Å². The van der Waals surface area contributed by atoms with E-state index in [0.29, 0.717) is 5.82 Å². The molecule has 88 valence electrons. The van der Waals surface area contributed by atoms with E-state index in [0.717, 1.165) is 32.6 Å². The Labute approximate surface area is 94.2 Å². The Morgan fingerprint density at radius 2 is 2.31 bits per heavy atom. The van der Waals surface area contributed by atoms with Gasteiger partial charge in [-0.2, -0.15) is 0 Å². The number of rotatable bonds is 3. The van der Waals surface area contributed by atoms with Crippen molar-refractivity contribution in [1.29, 1.82) is 0 Å². The molecule has 1 fully saturated rings. The second-order valence-corrected chi connectivity index (χ2v) is 4.54. The van der Waals surface area contributed by atoms with Crippen LogP contribution in [0, 0.1) is 5.41 Å². The standard InChI is InChI=1S/C11H17N3O2/c1-11(2-6-16-7-3-11)8-14-9-10(15)13-5-4-12-9/h4-5H,2-3,6-8H2,1H3,(H,12,14)(H,13,15). The smallest absolute Gasteiger partial charge is 0.290 e. The Balaban J connectivity index is 1.96. The van der Waals surface area contributed by atoms with E-state index in [2.05, 4.69) is 22.2 Å². The van der Waals surface area contributed by atoms with E-state index < -0.39 is 0 Å². The minimum Gasteiger partial charge on any atom is -0.381 e. The Kier molecular flexibility index (Phi) is 3.24. The summed E-state index contributed by atoms with van der Waals surface area (Å²) >= 11 is 0. The molecule has 5 heteroatoms. The lowest BCUT2D eigenvalue weighted by molar-refractivity contribution is 0.0299. The average Bonchev–Trinajstić information content (AvgIpc) is 2.29. The molecular formula is C11H17N3O2. The second-order valence-electron chi connectivity index (χ2n) is 4.54. The molecule has 1 aliphatic heterocycles. The third kappa shape index (κ3) is 2.61. The summed E-state index contributed by atoms with van der Waals surface area (Å²) in [7, 11) is 0. The Morgan fingerprint density at radius 3 is 3.00 bits per heavy atom. The fourth-order valence-electron chi connectivity index (χ4n) is 1.82. The van der Waals surface area contributed by atoms with Crippen LogP contribution in [0.4, 0.5) is 5.82 Å². The zero-order valence-corrected chi connectivity index (χ0v) is 9.45. The zero-order chi connectivity index (χ0) is 11.4. The third-order valence-electron chi connectivity index (χ3n) is 3.09. The van der Waals surface area contributed by atoms with Gasteiger partial charge in [0.1, 0.15) is 0 Å². The van der Waals surface area contributed by atoms with Gasteiger partial charge in [-0.25, -0.2) is 4.98 Å². The normalized spacial score (nSPS) is 19.3. The molecule has 0 aliphatic carbocycles. The minimum absolute atomic E-state index is 0.168. The van der Waals surface area contributed by atoms with Crippen LogP contribution in [0.25, 0.3) is 0 Å². The molecule has 0 radical (unpaired) electrons. The van der Waals surface area contributed by atoms with Crippen LogP contribution in [-0.4, -0.2) is 29.7 Å². The highest BCUT2D eigenvalue weighted by atomic mass is 16.5. The predicted octanol–water partition coefficient (Wildman–Crippen LogP) is 0.998. The first kappa shape index (κ1) is 11.1. The summed E-state index contributed by atoms with van der Waals surface area (Å²) in [6.45, 7) is 4.57. The maximum absolute atomic E-state index is 11.4. The van der Waals surface area contributed by atoms with Gasteiger partial charge in [-0.1, -0.05) is 6.92 Å². The van der Waals surface area contributed by atoms with Gasteiger partial charge in [0.2, 0.25) is 0 Å². The first-order valence-corrected chi connectivity index (χ1v) is 5.55. The van der Waals surface area contributed by atoms with Crippen LogP contribution in [0.1, 0.15) is 19.8 Å². The minimum atomic E-state index is -0.168. The van der Waals surface area contributed by atoms with Crippen LogP contribution < -0.4 is 10.9 Å². The van der Waals surface area contributed by atoms with Crippen molar-refractivity contribution in [1.82, 2.24) is 9.97 Å². The Bertz CT molecular complexity index is 396. The first-order chi connectivity index (χ1) is 7.70. The van der Waals surface area contributed by atoms with Gasteiger partial charge in [0.15, 0.2) is 5.82 Å². The topological polar surface area (TPSA) is 67.0 Å². The Morgan fingerprint density at radius 1 is 1.56 bits per heavy atom. The van der Waals surface area contributed by atoms with Gasteiger partial charge >= 0.3 is 0 Å². The van der Waals surface area contributed by atoms with Gasteiger partial charge in [0.05, 0.1) is 0 Å². The molecular weight excluding hydrogens is 206 g/mol. The average molecular weight is 223 g/mol. The number of nitrogens with zero attached hydrogens (tertiary/aromatic N) is 1. The molecule has 0 spiro atoms. The van der Waals surface area contributed by atoms with Crippen molar-refractivity contribution in [3.63, 3.8) is 0 Å². The fourth-order valence-corrected chi connectivity index (χ4v) is 1.82. The second kappa shape index (κ2) is 4.65. The van der Waals surface area contributed by atoms with Crippen LogP contribution in [0.2, 0.25) is 0 Å². The molecule has 2 rings (SSSR count). The monoisotopic (exact) mass is 223 g/mol. The molecule has 1 saturated heterocycles. The van der Waals surface area contributed by atoms with E-state index in [4.69, 9.17) is 4.74 Å². The van der Waals surface area contributed by atoms with Crippen molar-refractivity contribution in [3.05, 3.63) is 22.7 Å². The third-order valence-corrected chi connectivity index (χ3v) is 3.09. The summed E-state index contributed by atoms with van der Waals surface area (Å²) in [6, 6.07) is 0. The number of ether oxygens (including phenoxy) is 1. The number of hydrogen-bond acceptors (Lipinski definition) is 4. The van der Waals surface area contributed by atoms with E-state index >= 15 is 0 Å². The molecule has 1 aromatic rings. The van der Waals surface area contributed by atoms with E-state index in [1.807, 2.05) is 0 Å². The molecule has 0 saturated carbocycles. The maximum atomic E-state index is 11.4. The van der Waals surface area contributed by atoms with Crippen molar-refractivity contribution in [3.8, 4) is 0 Å². The highest BCUT2D eigenvalue weighted by molar-refractivity contribution is 5.30. The number of aromatic nitrogens is 2. The number of nitrogens with one attached hydrogen (secondary N) is 2. The highest BCUT2D eigenvalue weighted by Gasteiger charge is 2.27. The van der Waals surface area contributed by atoms with Gasteiger partial charge in [0.25, 0.3) is 5.56 Å². The fraction of sp³-hybridized carbons (Fsp3) is 0.636. The number of H-pyrrole nitrogens is 1. The van der Waals surface area contributed by atoms with Gasteiger partial charge in [0, 0.05) is 32.2 Å². The number of anilines is 1. The predicted molar refractivity (Wildman–Crippen MR) is 61.5 cm³/mol. The largest absolute Gasteiger partial charge is 0.381 e. The molecule has 0 amide bonds. The number of aromatic amines is 1. The van der Waals surface area contributed by atoms with Gasteiger partial charge < -0.3 is 15.0 Å². The summed E-state index contributed by atoms with van der Waals surface area (Å²) in [5.74, 6) is 0.398. The molecule has 0 bridgehead atoms. The lowest BCUT2D eigenvalue weighted by atomic mass is 9.82. The highest BCUT2D eigenvalue weighted by Crippen LogP contribution is 2.29. The lowest BCUT2D eigenvalue weighted by Gasteiger charge is -2.33. The molecule has 0 aromatic carbocycles. The first-order valence-electron chi connectivity index (χ1n) is 5.55. The van der Waals surface area contributed by atoms with Crippen molar-refractivity contribution < 1.29 is 4.74 Å². The quantitative estimate of drug-likeness (QED) is 0.802. The van der Waals surface area contributed by atoms with E-state index in [1.54, 1.807) is 6.20 Å². The summed E-state index contributed by atoms with van der Waals surface area (Å²) in [6.07, 6.45) is 5.15. The SMILES string of the molecule is CC1(CNc2ncc[nH]c2=O)CCOCC1. The summed E-state index contributed by atoms with van der Waals surface area (Å²) < 4.78 is 5.33. The van der Waals surface area contributed by atoms with Crippen LogP contribution in [-0.2, 0) is 4.74 Å². The summed E-state index contributed by atoms with van der Waals surface area (Å²) in [5, 5.41) is 3.11. The van der Waals surface area contributed by atoms with Crippen molar-refractivity contribution in [2.24, 2.45) is 5.41 Å². The van der Waals surface area contributed by atoms with Crippen LogP contribution in [0.15, 0.2) is 17.2 Å².